The molecule has 1 aliphatic rings. The first-order valence-corrected chi connectivity index (χ1v) is 5.34. The second-order valence-corrected chi connectivity index (χ2v) is 4.01. The molecular weight excluding hydrogens is 220 g/mol. The maximum Gasteiger partial charge on any atom is 0.276 e. The fourth-order valence-electron chi connectivity index (χ4n) is 1.60. The number of benzene rings is 1. The zero-order chi connectivity index (χ0) is 11.7. The Hall–Kier alpha value is -1.68. The Morgan fingerprint density at radius 1 is 1.12 bits per heavy atom. The second kappa shape index (κ2) is 4.06. The number of thiocarbonyl (C=S) groups is 1. The van der Waals surface area contributed by atoms with Gasteiger partial charge in [0, 0.05) is 14.1 Å². The average molecular weight is 232 g/mol. The van der Waals surface area contributed by atoms with E-state index in [-0.39, 0.29) is 5.91 Å². The Morgan fingerprint density at radius 2 is 1.75 bits per heavy atom. The van der Waals surface area contributed by atoms with Gasteiger partial charge in [-0.15, -0.1) is 0 Å². The third-order valence-corrected chi connectivity index (χ3v) is 3.11. The van der Waals surface area contributed by atoms with Crippen molar-refractivity contribution in [3.05, 3.63) is 41.6 Å². The van der Waals surface area contributed by atoms with Gasteiger partial charge in [-0.2, -0.15) is 0 Å². The van der Waals surface area contributed by atoms with E-state index in [1.54, 1.807) is 19.0 Å². The third kappa shape index (κ3) is 1.72. The molecule has 0 unspecified atom stereocenters. The Kier molecular flexibility index (Phi) is 2.75. The van der Waals surface area contributed by atoms with Gasteiger partial charge in [-0.1, -0.05) is 30.3 Å². The summed E-state index contributed by atoms with van der Waals surface area (Å²) >= 11 is 5.12. The van der Waals surface area contributed by atoms with Crippen LogP contribution in [-0.4, -0.2) is 34.9 Å². The molecule has 1 aromatic carbocycles. The molecular formula is C12H12N2OS. The van der Waals surface area contributed by atoms with E-state index in [0.717, 1.165) is 5.56 Å². The monoisotopic (exact) mass is 232 g/mol. The summed E-state index contributed by atoms with van der Waals surface area (Å²) in [5.74, 6) is -0.0589. The number of amides is 1. The first-order chi connectivity index (χ1) is 7.61. The van der Waals surface area contributed by atoms with Crippen LogP contribution in [0.25, 0.3) is 6.08 Å². The highest BCUT2D eigenvalue weighted by molar-refractivity contribution is 7.80. The summed E-state index contributed by atoms with van der Waals surface area (Å²) in [6, 6.07) is 9.73. The number of nitrogens with zero attached hydrogens (tertiary/aromatic N) is 2. The summed E-state index contributed by atoms with van der Waals surface area (Å²) in [7, 11) is 3.49. The fraction of sp³-hybridized carbons (Fsp3) is 0.167. The van der Waals surface area contributed by atoms with Crippen LogP contribution >= 0.6 is 12.2 Å². The molecule has 1 aromatic rings. The van der Waals surface area contributed by atoms with Crippen molar-refractivity contribution in [2.45, 2.75) is 0 Å². The van der Waals surface area contributed by atoms with Crippen LogP contribution in [0.15, 0.2) is 36.0 Å². The maximum absolute atomic E-state index is 11.9. The van der Waals surface area contributed by atoms with Crippen LogP contribution in [0.2, 0.25) is 0 Å². The molecule has 0 aliphatic carbocycles. The van der Waals surface area contributed by atoms with Crippen LogP contribution in [0, 0.1) is 0 Å². The summed E-state index contributed by atoms with van der Waals surface area (Å²) in [5.41, 5.74) is 1.61. The fourth-order valence-corrected chi connectivity index (χ4v) is 1.78. The summed E-state index contributed by atoms with van der Waals surface area (Å²) in [6.45, 7) is 0. The molecule has 0 bridgehead atoms. The molecule has 1 aliphatic heterocycles. The minimum atomic E-state index is -0.0589. The quantitative estimate of drug-likeness (QED) is 0.544. The molecule has 1 heterocycles. The van der Waals surface area contributed by atoms with Crippen molar-refractivity contribution in [2.75, 3.05) is 14.1 Å². The number of carbonyl (C=O) groups excluding carboxylic acids is 1. The Bertz CT molecular complexity index is 467. The van der Waals surface area contributed by atoms with Gasteiger partial charge >= 0.3 is 0 Å². The van der Waals surface area contributed by atoms with Crippen molar-refractivity contribution in [3.63, 3.8) is 0 Å². The molecule has 1 amide bonds. The molecule has 0 saturated carbocycles. The highest BCUT2D eigenvalue weighted by Crippen LogP contribution is 2.20. The zero-order valence-corrected chi connectivity index (χ0v) is 9.99. The van der Waals surface area contributed by atoms with Gasteiger partial charge in [0.15, 0.2) is 5.11 Å². The van der Waals surface area contributed by atoms with Gasteiger partial charge in [0.25, 0.3) is 5.91 Å². The topological polar surface area (TPSA) is 23.6 Å². The van der Waals surface area contributed by atoms with Gasteiger partial charge in [0.1, 0.15) is 5.70 Å². The van der Waals surface area contributed by atoms with E-state index in [1.165, 1.54) is 4.90 Å². The molecule has 1 fully saturated rings. The van der Waals surface area contributed by atoms with E-state index < -0.39 is 0 Å². The molecule has 0 atom stereocenters. The van der Waals surface area contributed by atoms with E-state index in [4.69, 9.17) is 12.2 Å². The SMILES string of the molecule is CN1C(=O)/C(=C/c2ccccc2)N(C)C1=S. The lowest BCUT2D eigenvalue weighted by atomic mass is 10.2. The van der Waals surface area contributed by atoms with Gasteiger partial charge in [-0.25, -0.2) is 0 Å². The van der Waals surface area contributed by atoms with E-state index in [0.29, 0.717) is 10.8 Å². The van der Waals surface area contributed by atoms with Crippen molar-refractivity contribution in [3.8, 4) is 0 Å². The standard InChI is InChI=1S/C12H12N2OS/c1-13-10(11(15)14(2)12(13)16)8-9-6-4-3-5-7-9/h3-8H,1-2H3/b10-8-. The van der Waals surface area contributed by atoms with Crippen molar-refractivity contribution >= 4 is 29.3 Å². The summed E-state index contributed by atoms with van der Waals surface area (Å²) in [5, 5.41) is 0.534. The number of hydrogen-bond acceptors (Lipinski definition) is 2. The van der Waals surface area contributed by atoms with Crippen molar-refractivity contribution in [1.82, 2.24) is 9.80 Å². The molecule has 0 spiro atoms. The number of hydrogen-bond donors (Lipinski definition) is 0. The molecule has 82 valence electrons. The van der Waals surface area contributed by atoms with E-state index >= 15 is 0 Å². The van der Waals surface area contributed by atoms with Crippen LogP contribution in [0.3, 0.4) is 0 Å². The Morgan fingerprint density at radius 3 is 2.25 bits per heavy atom. The van der Waals surface area contributed by atoms with Gasteiger partial charge in [0.2, 0.25) is 0 Å². The lowest BCUT2D eigenvalue weighted by molar-refractivity contribution is -0.121. The molecule has 0 aromatic heterocycles. The highest BCUT2D eigenvalue weighted by atomic mass is 32.1. The number of likely N-dealkylation sites (N-methyl/N-ethyl adjacent to an activating group) is 2. The minimum absolute atomic E-state index is 0.0589. The first kappa shape index (κ1) is 10.8. The summed E-state index contributed by atoms with van der Waals surface area (Å²) in [6.07, 6.45) is 1.85. The molecule has 16 heavy (non-hydrogen) atoms. The third-order valence-electron chi connectivity index (χ3n) is 2.56. The Balaban J connectivity index is 2.39. The van der Waals surface area contributed by atoms with Crippen LogP contribution < -0.4 is 0 Å². The maximum atomic E-state index is 11.9. The number of carbonyl (C=O) groups is 1. The molecule has 0 N–H and O–H groups in total. The molecule has 1 saturated heterocycles. The lowest BCUT2D eigenvalue weighted by Crippen LogP contribution is -2.26. The largest absolute Gasteiger partial charge is 0.317 e. The highest BCUT2D eigenvalue weighted by Gasteiger charge is 2.32. The predicted molar refractivity (Wildman–Crippen MR) is 67.6 cm³/mol. The van der Waals surface area contributed by atoms with E-state index in [2.05, 4.69) is 0 Å². The minimum Gasteiger partial charge on any atom is -0.317 e. The zero-order valence-electron chi connectivity index (χ0n) is 9.18. The van der Waals surface area contributed by atoms with Crippen molar-refractivity contribution < 1.29 is 4.79 Å². The van der Waals surface area contributed by atoms with Gasteiger partial charge in [0.05, 0.1) is 0 Å². The second-order valence-electron chi connectivity index (χ2n) is 3.65. The van der Waals surface area contributed by atoms with E-state index in [1.807, 2.05) is 36.4 Å². The Labute approximate surface area is 100.0 Å². The molecule has 0 radical (unpaired) electrons. The van der Waals surface area contributed by atoms with Crippen LogP contribution in [0.1, 0.15) is 5.56 Å². The smallest absolute Gasteiger partial charge is 0.276 e. The normalized spacial score (nSPS) is 18.8. The van der Waals surface area contributed by atoms with Gasteiger partial charge < -0.3 is 4.90 Å². The first-order valence-electron chi connectivity index (χ1n) is 4.94. The van der Waals surface area contributed by atoms with Crippen molar-refractivity contribution in [2.24, 2.45) is 0 Å². The average Bonchev–Trinajstić information content (AvgIpc) is 2.48. The molecule has 3 nitrogen and oxygen atoms in total. The van der Waals surface area contributed by atoms with Crippen LogP contribution in [-0.2, 0) is 4.79 Å². The lowest BCUT2D eigenvalue weighted by Gasteiger charge is -2.10. The van der Waals surface area contributed by atoms with Crippen LogP contribution in [0.4, 0.5) is 0 Å². The van der Waals surface area contributed by atoms with Gasteiger partial charge in [-0.3, -0.25) is 9.69 Å². The van der Waals surface area contributed by atoms with Crippen molar-refractivity contribution in [1.29, 1.82) is 0 Å². The predicted octanol–water partition coefficient (Wildman–Crippen LogP) is 1.72. The summed E-state index contributed by atoms with van der Waals surface area (Å²) in [4.78, 5) is 15.1. The summed E-state index contributed by atoms with van der Waals surface area (Å²) < 4.78 is 0. The molecule has 2 rings (SSSR count). The number of rotatable bonds is 1. The van der Waals surface area contributed by atoms with Gasteiger partial charge in [-0.05, 0) is 23.9 Å². The van der Waals surface area contributed by atoms with Crippen LogP contribution in [0.5, 0.6) is 0 Å². The van der Waals surface area contributed by atoms with E-state index in [9.17, 15) is 4.79 Å². The molecule has 4 heteroatoms.